The predicted molar refractivity (Wildman–Crippen MR) is 75.9 cm³/mol. The van der Waals surface area contributed by atoms with Crippen LogP contribution in [0, 0.1) is 0 Å². The molecular weight excluding hydrogens is 304 g/mol. The summed E-state index contributed by atoms with van der Waals surface area (Å²) in [6, 6.07) is 0.122. The van der Waals surface area contributed by atoms with Gasteiger partial charge in [-0.2, -0.15) is 15.0 Å². The van der Waals surface area contributed by atoms with Crippen molar-refractivity contribution in [1.82, 2.24) is 15.0 Å². The summed E-state index contributed by atoms with van der Waals surface area (Å²) in [5.74, 6) is 0.474. The Morgan fingerprint density at radius 2 is 2.15 bits per heavy atom. The molecule has 112 valence electrons. The van der Waals surface area contributed by atoms with Crippen molar-refractivity contribution in [2.45, 2.75) is 38.0 Å². The van der Waals surface area contributed by atoms with Crippen LogP contribution in [0.15, 0.2) is 0 Å². The zero-order chi connectivity index (χ0) is 14.8. The van der Waals surface area contributed by atoms with Gasteiger partial charge in [-0.15, -0.1) is 0 Å². The normalized spacial score (nSPS) is 21.1. The van der Waals surface area contributed by atoms with Gasteiger partial charge in [0.25, 0.3) is 0 Å². The van der Waals surface area contributed by atoms with Crippen molar-refractivity contribution in [3.63, 3.8) is 0 Å². The fraction of sp³-hybridized carbons (Fsp3) is 0.727. The Bertz CT molecular complexity index is 579. The van der Waals surface area contributed by atoms with Crippen LogP contribution in [0.5, 0.6) is 6.01 Å². The van der Waals surface area contributed by atoms with Crippen LogP contribution in [0.3, 0.4) is 0 Å². The summed E-state index contributed by atoms with van der Waals surface area (Å²) >= 11 is 5.78. The molecule has 0 spiro atoms. The number of aromatic nitrogens is 3. The van der Waals surface area contributed by atoms with E-state index in [9.17, 15) is 8.42 Å². The lowest BCUT2D eigenvalue weighted by molar-refractivity contribution is 0.222. The number of nitrogens with zero attached hydrogens (tertiary/aromatic N) is 3. The number of hydrogen-bond acceptors (Lipinski definition) is 7. The summed E-state index contributed by atoms with van der Waals surface area (Å²) in [5.41, 5.74) is 0. The molecule has 1 aromatic heterocycles. The van der Waals surface area contributed by atoms with Gasteiger partial charge >= 0.3 is 6.01 Å². The molecule has 1 aliphatic heterocycles. The molecule has 1 aliphatic rings. The van der Waals surface area contributed by atoms with E-state index in [0.717, 1.165) is 0 Å². The zero-order valence-electron chi connectivity index (χ0n) is 11.3. The van der Waals surface area contributed by atoms with Crippen molar-refractivity contribution < 1.29 is 13.2 Å². The maximum absolute atomic E-state index is 11.7. The fourth-order valence-electron chi connectivity index (χ4n) is 1.97. The lowest BCUT2D eigenvalue weighted by Gasteiger charge is -2.12. The number of sulfone groups is 1. The largest absolute Gasteiger partial charge is 0.461 e. The Balaban J connectivity index is 2.04. The van der Waals surface area contributed by atoms with Gasteiger partial charge in [0.15, 0.2) is 9.84 Å². The van der Waals surface area contributed by atoms with Crippen LogP contribution in [0.25, 0.3) is 0 Å². The highest BCUT2D eigenvalue weighted by atomic mass is 35.5. The number of anilines is 1. The number of halogens is 1. The molecule has 7 nitrogen and oxygen atoms in total. The molecule has 1 atom stereocenters. The first kappa shape index (κ1) is 15.2. The Morgan fingerprint density at radius 3 is 2.75 bits per heavy atom. The van der Waals surface area contributed by atoms with Crippen LogP contribution in [-0.2, 0) is 9.84 Å². The number of hydrogen-bond donors (Lipinski definition) is 1. The minimum atomic E-state index is -2.99. The van der Waals surface area contributed by atoms with E-state index in [2.05, 4.69) is 20.3 Å². The molecule has 0 amide bonds. The highest BCUT2D eigenvalue weighted by Gasteiger charge is 2.31. The van der Waals surface area contributed by atoms with Gasteiger partial charge in [0.05, 0.1) is 17.1 Å². The third kappa shape index (κ3) is 3.92. The van der Waals surface area contributed by atoms with Crippen molar-refractivity contribution in [2.24, 2.45) is 0 Å². The third-order valence-electron chi connectivity index (χ3n) is 2.88. The molecule has 20 heavy (non-hydrogen) atoms. The predicted octanol–water partition coefficient (Wildman–Crippen LogP) is 1.30. The Kier molecular flexibility index (Phi) is 4.64. The Hall–Kier alpha value is -1.15. The van der Waals surface area contributed by atoms with Crippen molar-refractivity contribution in [3.8, 4) is 6.01 Å². The average Bonchev–Trinajstić information content (AvgIpc) is 2.64. The Labute approximate surface area is 123 Å². The van der Waals surface area contributed by atoms with Crippen LogP contribution in [-0.4, -0.2) is 47.0 Å². The average molecular weight is 321 g/mol. The van der Waals surface area contributed by atoms with E-state index in [1.165, 1.54) is 0 Å². The zero-order valence-corrected chi connectivity index (χ0v) is 12.9. The molecule has 0 saturated carbocycles. The minimum Gasteiger partial charge on any atom is -0.461 e. The molecule has 2 heterocycles. The first-order chi connectivity index (χ1) is 9.37. The summed E-state index contributed by atoms with van der Waals surface area (Å²) in [7, 11) is -2.99. The topological polar surface area (TPSA) is 94.1 Å². The van der Waals surface area contributed by atoms with Crippen LogP contribution < -0.4 is 10.1 Å². The number of ether oxygens (including phenoxy) is 1. The molecule has 9 heteroatoms. The molecule has 0 aromatic carbocycles. The van der Waals surface area contributed by atoms with E-state index in [4.69, 9.17) is 16.3 Å². The van der Waals surface area contributed by atoms with Gasteiger partial charge in [-0.25, -0.2) is 8.42 Å². The second-order valence-corrected chi connectivity index (χ2v) is 7.63. The second-order valence-electron chi connectivity index (χ2n) is 4.89. The molecule has 1 N–H and O–H groups in total. The summed E-state index contributed by atoms with van der Waals surface area (Å²) in [5, 5.41) is 2.50. The third-order valence-corrected chi connectivity index (χ3v) is 5.32. The second kappa shape index (κ2) is 6.09. The van der Waals surface area contributed by atoms with Gasteiger partial charge in [0, 0.05) is 6.54 Å². The maximum atomic E-state index is 11.7. The fourth-order valence-corrected chi connectivity index (χ4v) is 3.88. The number of rotatable bonds is 5. The molecule has 1 unspecified atom stereocenters. The molecule has 0 aliphatic carbocycles. The van der Waals surface area contributed by atoms with Crippen molar-refractivity contribution in [3.05, 3.63) is 5.28 Å². The number of nitrogens with one attached hydrogen (secondary N) is 1. The molecular formula is C11H17ClN4O3S. The van der Waals surface area contributed by atoms with Gasteiger partial charge in [-0.05, 0) is 38.3 Å². The first-order valence-corrected chi connectivity index (χ1v) is 8.50. The van der Waals surface area contributed by atoms with E-state index in [1.54, 1.807) is 0 Å². The monoisotopic (exact) mass is 320 g/mol. The highest BCUT2D eigenvalue weighted by molar-refractivity contribution is 7.92. The smallest absolute Gasteiger partial charge is 0.322 e. The van der Waals surface area contributed by atoms with Gasteiger partial charge in [0.2, 0.25) is 11.2 Å². The molecule has 1 fully saturated rings. The summed E-state index contributed by atoms with van der Waals surface area (Å²) in [4.78, 5) is 11.8. The van der Waals surface area contributed by atoms with E-state index < -0.39 is 15.1 Å². The Morgan fingerprint density at radius 1 is 1.40 bits per heavy atom. The van der Waals surface area contributed by atoms with Gasteiger partial charge < -0.3 is 10.1 Å². The lowest BCUT2D eigenvalue weighted by Crippen LogP contribution is -2.26. The van der Waals surface area contributed by atoms with Crippen LogP contribution in [0.4, 0.5) is 5.95 Å². The molecule has 0 radical (unpaired) electrons. The molecule has 0 bridgehead atoms. The van der Waals surface area contributed by atoms with Crippen molar-refractivity contribution in [2.75, 3.05) is 17.6 Å². The van der Waals surface area contributed by atoms with Crippen molar-refractivity contribution in [1.29, 1.82) is 0 Å². The summed E-state index contributed by atoms with van der Waals surface area (Å²) in [6.45, 7) is 3.95. The minimum absolute atomic E-state index is 0.00688. The van der Waals surface area contributed by atoms with E-state index in [1.807, 2.05) is 13.8 Å². The quantitative estimate of drug-likeness (QED) is 0.873. The highest BCUT2D eigenvalue weighted by Crippen LogP contribution is 2.20. The van der Waals surface area contributed by atoms with Crippen LogP contribution in [0.2, 0.25) is 5.28 Å². The molecule has 2 rings (SSSR count). The van der Waals surface area contributed by atoms with Crippen LogP contribution >= 0.6 is 11.6 Å². The van der Waals surface area contributed by atoms with E-state index in [0.29, 0.717) is 12.8 Å². The van der Waals surface area contributed by atoms with Crippen molar-refractivity contribution >= 4 is 27.4 Å². The summed E-state index contributed by atoms with van der Waals surface area (Å²) in [6.07, 6.45) is 1.27. The lowest BCUT2D eigenvalue weighted by atomic mass is 10.2. The standard InChI is InChI=1S/C11H17ClN4O3S/c1-7(2)19-11-15-9(12)14-10(16-11)13-6-8-4-3-5-20(8,17)18/h7-8H,3-6H2,1-2H3,(H,13,14,15,16). The summed E-state index contributed by atoms with van der Waals surface area (Å²) < 4.78 is 28.8. The molecule has 1 saturated heterocycles. The van der Waals surface area contributed by atoms with Gasteiger partial charge in [-0.3, -0.25) is 0 Å². The van der Waals surface area contributed by atoms with E-state index in [-0.39, 0.29) is 35.6 Å². The first-order valence-electron chi connectivity index (χ1n) is 6.40. The maximum Gasteiger partial charge on any atom is 0.322 e. The van der Waals surface area contributed by atoms with Gasteiger partial charge in [0.1, 0.15) is 0 Å². The van der Waals surface area contributed by atoms with Gasteiger partial charge in [-0.1, -0.05) is 0 Å². The van der Waals surface area contributed by atoms with Crippen LogP contribution in [0.1, 0.15) is 26.7 Å². The SMILES string of the molecule is CC(C)Oc1nc(Cl)nc(NCC2CCCS2(=O)=O)n1. The molecule has 1 aromatic rings. The van der Waals surface area contributed by atoms with E-state index >= 15 is 0 Å².